The van der Waals surface area contributed by atoms with E-state index in [1.807, 2.05) is 0 Å². The molecule has 0 spiro atoms. The summed E-state index contributed by atoms with van der Waals surface area (Å²) in [6.45, 7) is 5.81. The first-order chi connectivity index (χ1) is 5.75. The van der Waals surface area contributed by atoms with Gasteiger partial charge in [0.2, 0.25) is 0 Å². The lowest BCUT2D eigenvalue weighted by Crippen LogP contribution is -2.50. The van der Waals surface area contributed by atoms with Crippen molar-refractivity contribution in [3.8, 4) is 0 Å². The van der Waals surface area contributed by atoms with E-state index >= 15 is 0 Å². The summed E-state index contributed by atoms with van der Waals surface area (Å²) in [7, 11) is 0. The fraction of sp³-hybridized carbons (Fsp3) is 1.00. The number of rotatable bonds is 5. The molecule has 1 rings (SSSR count). The Bertz CT molecular complexity index is 124. The Balaban J connectivity index is 2.32. The molecule has 0 bridgehead atoms. The molecule has 0 aromatic heterocycles. The van der Waals surface area contributed by atoms with Gasteiger partial charge in [-0.1, -0.05) is 26.7 Å². The second kappa shape index (κ2) is 4.24. The van der Waals surface area contributed by atoms with Crippen LogP contribution >= 0.6 is 0 Å². The van der Waals surface area contributed by atoms with E-state index in [-0.39, 0.29) is 11.5 Å². The van der Waals surface area contributed by atoms with E-state index in [2.05, 4.69) is 13.8 Å². The first-order valence-electron chi connectivity index (χ1n) is 5.01. The molecule has 2 nitrogen and oxygen atoms in total. The van der Waals surface area contributed by atoms with Crippen LogP contribution in [0.4, 0.5) is 0 Å². The maximum atomic E-state index is 9.87. The van der Waals surface area contributed by atoms with Crippen molar-refractivity contribution in [2.24, 2.45) is 5.41 Å². The van der Waals surface area contributed by atoms with Crippen LogP contribution in [0.25, 0.3) is 0 Å². The maximum absolute atomic E-state index is 9.87. The van der Waals surface area contributed by atoms with Crippen molar-refractivity contribution >= 4 is 0 Å². The monoisotopic (exact) mass is 172 g/mol. The van der Waals surface area contributed by atoms with Gasteiger partial charge in [0.15, 0.2) is 0 Å². The van der Waals surface area contributed by atoms with Crippen LogP contribution in [0.3, 0.4) is 0 Å². The van der Waals surface area contributed by atoms with Gasteiger partial charge in [-0.25, -0.2) is 0 Å². The first kappa shape index (κ1) is 10.0. The molecule has 1 fully saturated rings. The van der Waals surface area contributed by atoms with E-state index in [0.717, 1.165) is 38.9 Å². The summed E-state index contributed by atoms with van der Waals surface area (Å²) < 4.78 is 5.17. The van der Waals surface area contributed by atoms with Gasteiger partial charge < -0.3 is 9.84 Å². The summed E-state index contributed by atoms with van der Waals surface area (Å²) >= 11 is 0. The zero-order valence-electron chi connectivity index (χ0n) is 8.18. The third-order valence-electron chi connectivity index (χ3n) is 3.02. The molecule has 0 aromatic carbocycles. The maximum Gasteiger partial charge on any atom is 0.0640 e. The largest absolute Gasteiger partial charge is 0.392 e. The average Bonchev–Trinajstić information content (AvgIpc) is 2.00. The van der Waals surface area contributed by atoms with E-state index < -0.39 is 0 Å². The molecule has 1 aliphatic rings. The molecule has 72 valence electrons. The average molecular weight is 172 g/mol. The van der Waals surface area contributed by atoms with Crippen molar-refractivity contribution in [3.05, 3.63) is 0 Å². The summed E-state index contributed by atoms with van der Waals surface area (Å²) in [6.07, 6.45) is 4.13. The van der Waals surface area contributed by atoms with Gasteiger partial charge in [-0.15, -0.1) is 0 Å². The normalized spacial score (nSPS) is 23.2. The van der Waals surface area contributed by atoms with Crippen molar-refractivity contribution in [3.63, 3.8) is 0 Å². The Labute approximate surface area is 74.9 Å². The highest BCUT2D eigenvalue weighted by Gasteiger charge is 2.42. The predicted molar refractivity (Wildman–Crippen MR) is 49.1 cm³/mol. The second-order valence-corrected chi connectivity index (χ2v) is 3.87. The Morgan fingerprint density at radius 1 is 1.42 bits per heavy atom. The summed E-state index contributed by atoms with van der Waals surface area (Å²) in [5.74, 6) is 0. The van der Waals surface area contributed by atoms with Gasteiger partial charge in [0.1, 0.15) is 0 Å². The molecule has 0 saturated carbocycles. The third-order valence-corrected chi connectivity index (χ3v) is 3.02. The Morgan fingerprint density at radius 3 is 2.42 bits per heavy atom. The van der Waals surface area contributed by atoms with Gasteiger partial charge in [-0.05, 0) is 12.8 Å². The van der Waals surface area contributed by atoms with Gasteiger partial charge in [-0.3, -0.25) is 0 Å². The van der Waals surface area contributed by atoms with Gasteiger partial charge in [0, 0.05) is 5.41 Å². The molecule has 1 aliphatic heterocycles. The molecular formula is C10H20O2. The minimum absolute atomic E-state index is 0.106. The topological polar surface area (TPSA) is 29.5 Å². The zero-order chi connectivity index (χ0) is 9.03. The number of aliphatic hydroxyl groups excluding tert-OH is 1. The molecule has 0 radical (unpaired) electrons. The summed E-state index contributed by atoms with van der Waals surface area (Å²) in [6, 6.07) is 0. The molecule has 1 saturated heterocycles. The molecule has 1 unspecified atom stereocenters. The third kappa shape index (κ3) is 1.80. The quantitative estimate of drug-likeness (QED) is 0.687. The summed E-state index contributed by atoms with van der Waals surface area (Å²) in [5.41, 5.74) is 0.106. The van der Waals surface area contributed by atoms with Crippen molar-refractivity contribution < 1.29 is 9.84 Å². The lowest BCUT2D eigenvalue weighted by atomic mass is 9.76. The van der Waals surface area contributed by atoms with Crippen LogP contribution < -0.4 is 0 Å². The highest BCUT2D eigenvalue weighted by atomic mass is 16.5. The lowest BCUT2D eigenvalue weighted by Gasteiger charge is -2.44. The number of ether oxygens (including phenoxy) is 1. The standard InChI is InChI=1S/C10H20O2/c1-3-5-6-9(11)10(4-2)7-12-8-10/h9,11H,3-8H2,1-2H3. The van der Waals surface area contributed by atoms with Crippen LogP contribution in [-0.4, -0.2) is 24.4 Å². The van der Waals surface area contributed by atoms with E-state index in [1.165, 1.54) is 0 Å². The van der Waals surface area contributed by atoms with Crippen LogP contribution in [0.5, 0.6) is 0 Å². The highest BCUT2D eigenvalue weighted by Crippen LogP contribution is 2.36. The number of hydrogen-bond acceptors (Lipinski definition) is 2. The zero-order valence-corrected chi connectivity index (χ0v) is 8.18. The lowest BCUT2D eigenvalue weighted by molar-refractivity contribution is -0.175. The molecule has 0 aromatic rings. The van der Waals surface area contributed by atoms with Gasteiger partial charge >= 0.3 is 0 Å². The SMILES string of the molecule is CCCCC(O)C1(CC)COC1. The van der Waals surface area contributed by atoms with E-state index in [1.54, 1.807) is 0 Å². The predicted octanol–water partition coefficient (Wildman–Crippen LogP) is 1.96. The summed E-state index contributed by atoms with van der Waals surface area (Å²) in [4.78, 5) is 0. The fourth-order valence-electron chi connectivity index (χ4n) is 1.70. The second-order valence-electron chi connectivity index (χ2n) is 3.87. The minimum atomic E-state index is -0.142. The first-order valence-corrected chi connectivity index (χ1v) is 5.01. The van der Waals surface area contributed by atoms with Crippen molar-refractivity contribution in [2.45, 2.75) is 45.6 Å². The fourth-order valence-corrected chi connectivity index (χ4v) is 1.70. The molecule has 2 heteroatoms. The van der Waals surface area contributed by atoms with Crippen molar-refractivity contribution in [1.82, 2.24) is 0 Å². The van der Waals surface area contributed by atoms with Crippen LogP contribution in [0.2, 0.25) is 0 Å². The van der Waals surface area contributed by atoms with Crippen molar-refractivity contribution in [1.29, 1.82) is 0 Å². The van der Waals surface area contributed by atoms with Crippen LogP contribution in [-0.2, 0) is 4.74 Å². The molecule has 12 heavy (non-hydrogen) atoms. The van der Waals surface area contributed by atoms with E-state index in [4.69, 9.17) is 4.74 Å². The van der Waals surface area contributed by atoms with Gasteiger partial charge in [0.05, 0.1) is 19.3 Å². The van der Waals surface area contributed by atoms with Gasteiger partial charge in [0.25, 0.3) is 0 Å². The molecule has 0 aliphatic carbocycles. The minimum Gasteiger partial charge on any atom is -0.392 e. The Morgan fingerprint density at radius 2 is 2.08 bits per heavy atom. The number of unbranched alkanes of at least 4 members (excludes halogenated alkanes) is 1. The highest BCUT2D eigenvalue weighted by molar-refractivity contribution is 4.90. The number of hydrogen-bond donors (Lipinski definition) is 1. The molecular weight excluding hydrogens is 152 g/mol. The van der Waals surface area contributed by atoms with Crippen LogP contribution in [0, 0.1) is 5.41 Å². The summed E-state index contributed by atoms with van der Waals surface area (Å²) in [5, 5.41) is 9.87. The van der Waals surface area contributed by atoms with Crippen LogP contribution in [0.15, 0.2) is 0 Å². The van der Waals surface area contributed by atoms with Crippen molar-refractivity contribution in [2.75, 3.05) is 13.2 Å². The van der Waals surface area contributed by atoms with Crippen LogP contribution in [0.1, 0.15) is 39.5 Å². The molecule has 1 heterocycles. The van der Waals surface area contributed by atoms with Gasteiger partial charge in [-0.2, -0.15) is 0 Å². The van der Waals surface area contributed by atoms with E-state index in [9.17, 15) is 5.11 Å². The Hall–Kier alpha value is -0.0800. The Kier molecular flexibility index (Phi) is 3.53. The number of aliphatic hydroxyl groups is 1. The molecule has 0 amide bonds. The smallest absolute Gasteiger partial charge is 0.0640 e. The van der Waals surface area contributed by atoms with E-state index in [0.29, 0.717) is 0 Å². The molecule has 1 atom stereocenters. The molecule has 1 N–H and O–H groups in total.